The monoisotopic (exact) mass is 395 g/mol. The molecule has 0 radical (unpaired) electrons. The van der Waals surface area contributed by atoms with E-state index >= 15 is 0 Å². The van der Waals surface area contributed by atoms with Crippen LogP contribution >= 0.6 is 11.3 Å². The number of aromatic nitrogens is 3. The summed E-state index contributed by atoms with van der Waals surface area (Å²) in [6, 6.07) is 6.53. The van der Waals surface area contributed by atoms with Crippen LogP contribution in [0.2, 0.25) is 0 Å². The summed E-state index contributed by atoms with van der Waals surface area (Å²) in [6.45, 7) is 2.03. The van der Waals surface area contributed by atoms with Gasteiger partial charge in [-0.05, 0) is 56.9 Å². The van der Waals surface area contributed by atoms with E-state index in [4.69, 9.17) is 11.5 Å². The van der Waals surface area contributed by atoms with Crippen molar-refractivity contribution in [3.8, 4) is 0 Å². The Bertz CT molecular complexity index is 1040. The summed E-state index contributed by atoms with van der Waals surface area (Å²) in [5.41, 5.74) is 18.7. The first kappa shape index (κ1) is 17.7. The molecule has 1 aliphatic carbocycles. The number of fused-ring (bicyclic) bond motifs is 2. The third-order valence-electron chi connectivity index (χ3n) is 5.80. The van der Waals surface area contributed by atoms with Crippen LogP contribution in [0, 0.1) is 12.8 Å². The van der Waals surface area contributed by atoms with E-state index in [9.17, 15) is 0 Å². The molecule has 8 heteroatoms. The molecule has 2 aromatic heterocycles. The van der Waals surface area contributed by atoms with Crippen molar-refractivity contribution in [3.63, 3.8) is 0 Å². The van der Waals surface area contributed by atoms with Gasteiger partial charge in [-0.15, -0.1) is 11.3 Å². The van der Waals surface area contributed by atoms with E-state index in [1.165, 1.54) is 4.70 Å². The molecule has 146 valence electrons. The lowest BCUT2D eigenvalue weighted by molar-refractivity contribution is 0.239. The number of nitrogens with one attached hydrogen (secondary N) is 2. The van der Waals surface area contributed by atoms with Crippen LogP contribution in [0.25, 0.3) is 15.9 Å². The van der Waals surface area contributed by atoms with E-state index in [1.807, 2.05) is 23.9 Å². The van der Waals surface area contributed by atoms with E-state index in [1.54, 1.807) is 17.5 Å². The molecular weight excluding hydrogens is 370 g/mol. The SMILES string of the molecule is Cc1nc2ccc(NC3=CC(N)(C4CCC(N)CC4)Nn4ccnc43)cc2s1. The molecule has 28 heavy (non-hydrogen) atoms. The van der Waals surface area contributed by atoms with Crippen LogP contribution in [0.4, 0.5) is 5.69 Å². The van der Waals surface area contributed by atoms with Gasteiger partial charge in [0.15, 0.2) is 5.82 Å². The summed E-state index contributed by atoms with van der Waals surface area (Å²) in [7, 11) is 0. The highest BCUT2D eigenvalue weighted by Crippen LogP contribution is 2.35. The Morgan fingerprint density at radius 2 is 2.11 bits per heavy atom. The van der Waals surface area contributed by atoms with Crippen molar-refractivity contribution in [2.24, 2.45) is 17.4 Å². The average molecular weight is 396 g/mol. The van der Waals surface area contributed by atoms with E-state index in [0.717, 1.165) is 53.4 Å². The zero-order chi connectivity index (χ0) is 19.3. The molecule has 0 spiro atoms. The number of hydrogen-bond acceptors (Lipinski definition) is 7. The Hall–Kier alpha value is -2.42. The Kier molecular flexibility index (Phi) is 4.15. The van der Waals surface area contributed by atoms with Crippen molar-refractivity contribution in [1.29, 1.82) is 0 Å². The van der Waals surface area contributed by atoms with Gasteiger partial charge in [-0.1, -0.05) is 0 Å². The molecule has 5 rings (SSSR count). The zero-order valence-electron chi connectivity index (χ0n) is 15.9. The molecule has 1 atom stereocenters. The van der Waals surface area contributed by atoms with Crippen molar-refractivity contribution in [2.45, 2.75) is 44.3 Å². The Morgan fingerprint density at radius 1 is 1.29 bits per heavy atom. The molecule has 1 unspecified atom stereocenters. The number of imidazole rings is 1. The van der Waals surface area contributed by atoms with Gasteiger partial charge in [-0.25, -0.2) is 14.6 Å². The van der Waals surface area contributed by atoms with Crippen LogP contribution in [0.1, 0.15) is 36.5 Å². The second-order valence-corrected chi connectivity index (χ2v) is 9.11. The van der Waals surface area contributed by atoms with Crippen molar-refractivity contribution in [2.75, 3.05) is 10.7 Å². The fraction of sp³-hybridized carbons (Fsp3) is 0.400. The van der Waals surface area contributed by atoms with Gasteiger partial charge >= 0.3 is 0 Å². The van der Waals surface area contributed by atoms with Crippen LogP contribution in [0.3, 0.4) is 0 Å². The first-order valence-electron chi connectivity index (χ1n) is 9.74. The molecule has 6 N–H and O–H groups in total. The Labute approximate surface area is 167 Å². The molecule has 7 nitrogen and oxygen atoms in total. The number of benzene rings is 1. The zero-order valence-corrected chi connectivity index (χ0v) is 16.7. The fourth-order valence-corrected chi connectivity index (χ4v) is 5.17. The van der Waals surface area contributed by atoms with Gasteiger partial charge in [-0.3, -0.25) is 0 Å². The first-order chi connectivity index (χ1) is 13.5. The smallest absolute Gasteiger partial charge is 0.174 e. The number of hydrogen-bond donors (Lipinski definition) is 4. The molecular formula is C20H25N7S. The summed E-state index contributed by atoms with van der Waals surface area (Å²) in [6.07, 6.45) is 9.86. The standard InChI is InChI=1S/C20H25N7S/c1-12-24-16-7-6-15(10-18(16)28-12)25-17-11-20(22,13-2-4-14(21)5-3-13)26-27-9-8-23-19(17)27/h6-11,13-14,25-26H,2-5,21-22H2,1H3. The molecule has 0 amide bonds. The Balaban J connectivity index is 1.48. The number of aryl methyl sites for hydroxylation is 1. The third kappa shape index (κ3) is 3.07. The van der Waals surface area contributed by atoms with Gasteiger partial charge in [0.1, 0.15) is 5.66 Å². The maximum absolute atomic E-state index is 6.87. The van der Waals surface area contributed by atoms with Crippen LogP contribution in [0.15, 0.2) is 36.7 Å². The van der Waals surface area contributed by atoms with E-state index in [0.29, 0.717) is 12.0 Å². The fourth-order valence-electron chi connectivity index (χ4n) is 4.31. The lowest BCUT2D eigenvalue weighted by atomic mass is 9.78. The average Bonchev–Trinajstić information content (AvgIpc) is 3.27. The van der Waals surface area contributed by atoms with E-state index in [2.05, 4.69) is 38.9 Å². The normalized spacial score (nSPS) is 27.2. The molecule has 0 bridgehead atoms. The topological polar surface area (TPSA) is 107 Å². The van der Waals surface area contributed by atoms with Gasteiger partial charge in [0, 0.05) is 30.0 Å². The van der Waals surface area contributed by atoms with Crippen molar-refractivity contribution < 1.29 is 0 Å². The van der Waals surface area contributed by atoms with Gasteiger partial charge in [0.25, 0.3) is 0 Å². The molecule has 1 aliphatic heterocycles. The van der Waals surface area contributed by atoms with Crippen molar-refractivity contribution in [1.82, 2.24) is 14.6 Å². The van der Waals surface area contributed by atoms with Crippen LogP contribution in [-0.4, -0.2) is 26.3 Å². The molecule has 3 aromatic rings. The molecule has 2 aliphatic rings. The minimum atomic E-state index is -0.638. The summed E-state index contributed by atoms with van der Waals surface area (Å²) in [5.74, 6) is 1.15. The predicted octanol–water partition coefficient (Wildman–Crippen LogP) is 2.98. The highest BCUT2D eigenvalue weighted by atomic mass is 32.1. The first-order valence-corrected chi connectivity index (χ1v) is 10.6. The number of anilines is 1. The van der Waals surface area contributed by atoms with Gasteiger partial charge < -0.3 is 22.2 Å². The van der Waals surface area contributed by atoms with E-state index in [-0.39, 0.29) is 0 Å². The van der Waals surface area contributed by atoms with Crippen LogP contribution in [0.5, 0.6) is 0 Å². The minimum Gasteiger partial charge on any atom is -0.353 e. The second-order valence-electron chi connectivity index (χ2n) is 7.88. The number of rotatable bonds is 3. The molecule has 1 fully saturated rings. The van der Waals surface area contributed by atoms with Gasteiger partial charge in [-0.2, -0.15) is 0 Å². The quantitative estimate of drug-likeness (QED) is 0.543. The van der Waals surface area contributed by atoms with Gasteiger partial charge in [0.2, 0.25) is 0 Å². The summed E-state index contributed by atoms with van der Waals surface area (Å²) in [5, 5.41) is 4.61. The molecule has 1 aromatic carbocycles. The van der Waals surface area contributed by atoms with Crippen molar-refractivity contribution >= 4 is 32.9 Å². The minimum absolute atomic E-state index is 0.295. The molecule has 1 saturated carbocycles. The van der Waals surface area contributed by atoms with E-state index < -0.39 is 5.66 Å². The number of nitrogens with two attached hydrogens (primary N) is 2. The lowest BCUT2D eigenvalue weighted by Gasteiger charge is -2.42. The summed E-state index contributed by atoms with van der Waals surface area (Å²) in [4.78, 5) is 9.05. The lowest BCUT2D eigenvalue weighted by Crippen LogP contribution is -2.58. The maximum Gasteiger partial charge on any atom is 0.174 e. The largest absolute Gasteiger partial charge is 0.353 e. The predicted molar refractivity (Wildman–Crippen MR) is 114 cm³/mol. The van der Waals surface area contributed by atoms with Crippen LogP contribution < -0.4 is 22.2 Å². The molecule has 3 heterocycles. The summed E-state index contributed by atoms with van der Waals surface area (Å²) >= 11 is 1.70. The summed E-state index contributed by atoms with van der Waals surface area (Å²) < 4.78 is 3.09. The second kappa shape index (κ2) is 6.58. The van der Waals surface area contributed by atoms with Crippen LogP contribution in [-0.2, 0) is 0 Å². The highest BCUT2D eigenvalue weighted by Gasteiger charge is 2.39. The Morgan fingerprint density at radius 3 is 2.93 bits per heavy atom. The van der Waals surface area contributed by atoms with Gasteiger partial charge in [0.05, 0.1) is 20.9 Å². The number of thiazole rings is 1. The maximum atomic E-state index is 6.87. The molecule has 0 saturated heterocycles. The third-order valence-corrected chi connectivity index (χ3v) is 6.73. The van der Waals surface area contributed by atoms with Crippen molar-refractivity contribution in [3.05, 3.63) is 47.5 Å². The number of nitrogens with zero attached hydrogens (tertiary/aromatic N) is 3. The highest BCUT2D eigenvalue weighted by molar-refractivity contribution is 7.18.